The Morgan fingerprint density at radius 3 is 2.73 bits per heavy atom. The summed E-state index contributed by atoms with van der Waals surface area (Å²) in [4.78, 5) is 0. The molecule has 22 heavy (non-hydrogen) atoms. The van der Waals surface area contributed by atoms with E-state index in [2.05, 4.69) is 26.8 Å². The first kappa shape index (κ1) is 15.2. The van der Waals surface area contributed by atoms with Crippen LogP contribution < -0.4 is 0 Å². The van der Waals surface area contributed by atoms with Gasteiger partial charge >= 0.3 is 0 Å². The molecular weight excluding hydrogens is 268 g/mol. The van der Waals surface area contributed by atoms with Crippen molar-refractivity contribution in [2.45, 2.75) is 84.7 Å². The molecule has 1 nitrogen and oxygen atoms in total. The fourth-order valence-corrected chi connectivity index (χ4v) is 7.36. The van der Waals surface area contributed by atoms with Crippen molar-refractivity contribution >= 4 is 0 Å². The lowest BCUT2D eigenvalue weighted by molar-refractivity contribution is -0.0827. The van der Waals surface area contributed by atoms with E-state index < -0.39 is 0 Å². The van der Waals surface area contributed by atoms with Gasteiger partial charge in [-0.2, -0.15) is 0 Å². The molecule has 3 saturated carbocycles. The zero-order valence-electron chi connectivity index (χ0n) is 14.8. The normalized spacial score (nSPS) is 54.2. The van der Waals surface area contributed by atoms with Gasteiger partial charge in [0.15, 0.2) is 0 Å². The van der Waals surface area contributed by atoms with Crippen LogP contribution in [0, 0.1) is 34.5 Å². The molecule has 0 saturated heterocycles. The predicted molar refractivity (Wildman–Crippen MR) is 91.5 cm³/mol. The molecule has 0 amide bonds. The topological polar surface area (TPSA) is 20.2 Å². The molecule has 0 aromatic heterocycles. The van der Waals surface area contributed by atoms with Crippen LogP contribution in [0.4, 0.5) is 0 Å². The molecule has 0 spiro atoms. The van der Waals surface area contributed by atoms with Gasteiger partial charge in [0.05, 0.1) is 6.10 Å². The summed E-state index contributed by atoms with van der Waals surface area (Å²) in [7, 11) is 0. The molecular formula is C21H34O. The standard InChI is InChI=1S/C21H34O/c1-4-14-13-15-17-8-9-19(22)21(17,3)12-10-18(15)20(2)11-6-5-7-16(14)20/h7,14-15,17-19,22H,4-6,8-13H2,1-3H3/t14-,15-,17-,18-,19-,20-,21-/m0/s1. The number of allylic oxidation sites excluding steroid dienone is 2. The highest BCUT2D eigenvalue weighted by atomic mass is 16.3. The maximum absolute atomic E-state index is 10.6. The van der Waals surface area contributed by atoms with E-state index in [1.54, 1.807) is 0 Å². The molecule has 0 heterocycles. The average molecular weight is 303 g/mol. The summed E-state index contributed by atoms with van der Waals surface area (Å²) < 4.78 is 0. The Bertz CT molecular complexity index is 480. The molecule has 0 bridgehead atoms. The van der Waals surface area contributed by atoms with E-state index in [-0.39, 0.29) is 11.5 Å². The first-order valence-corrected chi connectivity index (χ1v) is 9.89. The van der Waals surface area contributed by atoms with Crippen LogP contribution in [0.1, 0.15) is 78.6 Å². The van der Waals surface area contributed by atoms with Gasteiger partial charge in [-0.15, -0.1) is 0 Å². The van der Waals surface area contributed by atoms with Gasteiger partial charge in [0.25, 0.3) is 0 Å². The van der Waals surface area contributed by atoms with E-state index in [1.807, 2.05) is 5.57 Å². The van der Waals surface area contributed by atoms with Gasteiger partial charge in [0.2, 0.25) is 0 Å². The van der Waals surface area contributed by atoms with Crippen LogP contribution in [0.2, 0.25) is 0 Å². The van der Waals surface area contributed by atoms with Gasteiger partial charge in [-0.25, -0.2) is 0 Å². The van der Waals surface area contributed by atoms with Crippen LogP contribution in [0.15, 0.2) is 11.6 Å². The summed E-state index contributed by atoms with van der Waals surface area (Å²) in [6, 6.07) is 0. The smallest absolute Gasteiger partial charge is 0.0596 e. The van der Waals surface area contributed by atoms with Gasteiger partial charge in [0.1, 0.15) is 0 Å². The third-order valence-electron chi connectivity index (χ3n) is 8.62. The molecule has 124 valence electrons. The summed E-state index contributed by atoms with van der Waals surface area (Å²) >= 11 is 0. The van der Waals surface area contributed by atoms with Crippen LogP contribution in [0.25, 0.3) is 0 Å². The third-order valence-corrected chi connectivity index (χ3v) is 8.62. The second-order valence-electron chi connectivity index (χ2n) is 9.32. The minimum Gasteiger partial charge on any atom is -0.393 e. The Morgan fingerprint density at radius 2 is 1.95 bits per heavy atom. The van der Waals surface area contributed by atoms with Gasteiger partial charge < -0.3 is 5.11 Å². The van der Waals surface area contributed by atoms with E-state index in [4.69, 9.17) is 0 Å². The highest BCUT2D eigenvalue weighted by Gasteiger charge is 2.59. The summed E-state index contributed by atoms with van der Waals surface area (Å²) in [5.41, 5.74) is 2.55. The molecule has 4 rings (SSSR count). The Balaban J connectivity index is 1.72. The number of rotatable bonds is 1. The highest BCUT2D eigenvalue weighted by Crippen LogP contribution is 2.66. The van der Waals surface area contributed by atoms with E-state index in [9.17, 15) is 5.11 Å². The molecule has 1 N–H and O–H groups in total. The van der Waals surface area contributed by atoms with Crippen molar-refractivity contribution in [3.05, 3.63) is 11.6 Å². The van der Waals surface area contributed by atoms with Gasteiger partial charge in [-0.1, -0.05) is 32.4 Å². The number of hydrogen-bond donors (Lipinski definition) is 1. The molecule has 4 aliphatic rings. The zero-order valence-corrected chi connectivity index (χ0v) is 14.8. The molecule has 4 aliphatic carbocycles. The molecule has 1 heteroatoms. The maximum atomic E-state index is 10.6. The third kappa shape index (κ3) is 1.87. The Hall–Kier alpha value is -0.300. The first-order valence-electron chi connectivity index (χ1n) is 9.89. The van der Waals surface area contributed by atoms with Crippen LogP contribution in [0.3, 0.4) is 0 Å². The Kier molecular flexibility index (Phi) is 3.53. The minimum absolute atomic E-state index is 0.0328. The molecule has 7 atom stereocenters. The lowest BCUT2D eigenvalue weighted by atomic mass is 9.45. The van der Waals surface area contributed by atoms with Crippen molar-refractivity contribution in [3.8, 4) is 0 Å². The SMILES string of the molecule is CC[C@H]1C[C@H]2[C@@H]3CC[C@H](O)[C@@]3(C)CC[C@@H]2[C@@]2(C)CCCC=C12. The second-order valence-corrected chi connectivity index (χ2v) is 9.32. The second kappa shape index (κ2) is 5.10. The van der Waals surface area contributed by atoms with Crippen LogP contribution in [-0.2, 0) is 0 Å². The van der Waals surface area contributed by atoms with Crippen LogP contribution in [0.5, 0.6) is 0 Å². The minimum atomic E-state index is -0.0328. The number of aliphatic hydroxyl groups is 1. The van der Waals surface area contributed by atoms with Crippen molar-refractivity contribution in [3.63, 3.8) is 0 Å². The number of hydrogen-bond acceptors (Lipinski definition) is 1. The van der Waals surface area contributed by atoms with Gasteiger partial charge in [-0.3, -0.25) is 0 Å². The van der Waals surface area contributed by atoms with E-state index in [0.29, 0.717) is 5.41 Å². The number of fused-ring (bicyclic) bond motifs is 5. The molecule has 0 aromatic carbocycles. The summed E-state index contributed by atoms with van der Waals surface area (Å²) in [6.07, 6.45) is 14.4. The maximum Gasteiger partial charge on any atom is 0.0596 e. The molecule has 3 fully saturated rings. The molecule has 0 unspecified atom stereocenters. The lowest BCUT2D eigenvalue weighted by Crippen LogP contribution is -2.52. The summed E-state index contributed by atoms with van der Waals surface area (Å²) in [5, 5.41) is 10.6. The zero-order chi connectivity index (χ0) is 15.5. The highest BCUT2D eigenvalue weighted by molar-refractivity contribution is 5.26. The fraction of sp³-hybridized carbons (Fsp3) is 0.905. The Morgan fingerprint density at radius 1 is 1.14 bits per heavy atom. The lowest BCUT2D eigenvalue weighted by Gasteiger charge is -2.59. The summed E-state index contributed by atoms with van der Waals surface area (Å²) in [5.74, 6) is 3.38. The quantitative estimate of drug-likeness (QED) is 0.648. The molecule has 0 aromatic rings. The summed E-state index contributed by atoms with van der Waals surface area (Å²) in [6.45, 7) is 7.40. The Labute approximate surface area is 136 Å². The average Bonchev–Trinajstić information content (AvgIpc) is 2.82. The largest absolute Gasteiger partial charge is 0.393 e. The van der Waals surface area contributed by atoms with Gasteiger partial charge in [0, 0.05) is 0 Å². The fourth-order valence-electron chi connectivity index (χ4n) is 7.36. The van der Waals surface area contributed by atoms with Crippen LogP contribution in [-0.4, -0.2) is 11.2 Å². The van der Waals surface area contributed by atoms with E-state index in [1.165, 1.54) is 51.4 Å². The predicted octanol–water partition coefficient (Wildman–Crippen LogP) is 5.34. The van der Waals surface area contributed by atoms with Crippen molar-refractivity contribution in [2.75, 3.05) is 0 Å². The van der Waals surface area contributed by atoms with Crippen molar-refractivity contribution in [1.29, 1.82) is 0 Å². The van der Waals surface area contributed by atoms with E-state index in [0.717, 1.165) is 30.1 Å². The molecule has 0 aliphatic heterocycles. The van der Waals surface area contributed by atoms with Crippen molar-refractivity contribution in [2.24, 2.45) is 34.5 Å². The first-order chi connectivity index (χ1) is 10.5. The molecule has 0 radical (unpaired) electrons. The van der Waals surface area contributed by atoms with Crippen molar-refractivity contribution < 1.29 is 5.11 Å². The monoisotopic (exact) mass is 302 g/mol. The van der Waals surface area contributed by atoms with Gasteiger partial charge in [-0.05, 0) is 92.3 Å². The van der Waals surface area contributed by atoms with E-state index >= 15 is 0 Å². The van der Waals surface area contributed by atoms with Crippen LogP contribution >= 0.6 is 0 Å². The number of aliphatic hydroxyl groups excluding tert-OH is 1. The van der Waals surface area contributed by atoms with Crippen molar-refractivity contribution in [1.82, 2.24) is 0 Å².